The molecule has 16 heavy (non-hydrogen) atoms. The molecule has 0 nitrogen and oxygen atoms in total. The molecule has 0 radical (unpaired) electrons. The first-order valence-corrected chi connectivity index (χ1v) is 6.99. The summed E-state index contributed by atoms with van der Waals surface area (Å²) in [5.41, 5.74) is 2.91. The van der Waals surface area contributed by atoms with Gasteiger partial charge in [-0.1, -0.05) is 63.8 Å². The first kappa shape index (κ1) is 18.2. The molecule has 0 spiro atoms. The fourth-order valence-corrected chi connectivity index (χ4v) is 0.922. The molecule has 96 valence electrons. The average Bonchev–Trinajstić information content (AvgIpc) is 2.22. The van der Waals surface area contributed by atoms with Crippen LogP contribution in [0.4, 0.5) is 0 Å². The largest absolute Gasteiger partial charge is 0.177 e. The van der Waals surface area contributed by atoms with Gasteiger partial charge in [-0.2, -0.15) is 12.6 Å². The van der Waals surface area contributed by atoms with E-state index in [0.29, 0.717) is 5.25 Å². The zero-order valence-corrected chi connectivity index (χ0v) is 12.9. The Morgan fingerprint density at radius 2 is 1.25 bits per heavy atom. The first-order chi connectivity index (χ1) is 7.45. The summed E-state index contributed by atoms with van der Waals surface area (Å²) < 4.78 is 0. The zero-order chi connectivity index (χ0) is 13.0. The summed E-state index contributed by atoms with van der Waals surface area (Å²) in [4.78, 5) is 0. The standard InChI is InChI=1S/C8H12.C4H10.C3H8S/c1-7-5-3-4-6-8(7)2;1-3-4-2;1-3(2)4/h5-6H,3-4H2,1-2H3;3-4H2,1-2H3;3-4H,1-2H3. The lowest BCUT2D eigenvalue weighted by atomic mass is 10.0. The van der Waals surface area contributed by atoms with Gasteiger partial charge < -0.3 is 0 Å². The molecule has 1 rings (SSSR count). The van der Waals surface area contributed by atoms with Gasteiger partial charge in [0.15, 0.2) is 0 Å². The fraction of sp³-hybridized carbons (Fsp3) is 0.733. The number of hydrogen-bond acceptors (Lipinski definition) is 1. The lowest BCUT2D eigenvalue weighted by Gasteiger charge is -2.05. The van der Waals surface area contributed by atoms with Gasteiger partial charge >= 0.3 is 0 Å². The highest BCUT2D eigenvalue weighted by Gasteiger charge is 1.95. The molecule has 1 heteroatoms. The van der Waals surface area contributed by atoms with Crippen LogP contribution in [0, 0.1) is 0 Å². The normalized spacial score (nSPS) is 14.0. The maximum atomic E-state index is 3.97. The van der Waals surface area contributed by atoms with Crippen LogP contribution in [0.2, 0.25) is 0 Å². The SMILES string of the molecule is CC(C)S.CC1=CCCC=C1C.CCCC. The van der Waals surface area contributed by atoms with Crippen LogP contribution in [0.25, 0.3) is 0 Å². The van der Waals surface area contributed by atoms with Crippen molar-refractivity contribution in [2.45, 2.75) is 72.5 Å². The van der Waals surface area contributed by atoms with E-state index in [2.05, 4.69) is 52.5 Å². The van der Waals surface area contributed by atoms with E-state index < -0.39 is 0 Å². The third-order valence-corrected chi connectivity index (χ3v) is 2.19. The second-order valence-electron chi connectivity index (χ2n) is 4.45. The maximum Gasteiger partial charge on any atom is -0.00399 e. The maximum absolute atomic E-state index is 3.97. The molecule has 0 atom stereocenters. The predicted molar refractivity (Wildman–Crippen MR) is 81.5 cm³/mol. The van der Waals surface area contributed by atoms with Gasteiger partial charge in [0.25, 0.3) is 0 Å². The summed E-state index contributed by atoms with van der Waals surface area (Å²) in [7, 11) is 0. The molecule has 0 aliphatic heterocycles. The molecular weight excluding hydrogens is 212 g/mol. The molecule has 0 saturated heterocycles. The van der Waals surface area contributed by atoms with Crippen molar-refractivity contribution in [3.63, 3.8) is 0 Å². The van der Waals surface area contributed by atoms with E-state index in [-0.39, 0.29) is 0 Å². The van der Waals surface area contributed by atoms with Crippen molar-refractivity contribution in [2.24, 2.45) is 0 Å². The Morgan fingerprint density at radius 1 is 1.00 bits per heavy atom. The summed E-state index contributed by atoms with van der Waals surface area (Å²) in [5, 5.41) is 0.528. The van der Waals surface area contributed by atoms with Gasteiger partial charge in [0.1, 0.15) is 0 Å². The molecule has 0 heterocycles. The topological polar surface area (TPSA) is 0 Å². The van der Waals surface area contributed by atoms with Crippen LogP contribution in [0.5, 0.6) is 0 Å². The van der Waals surface area contributed by atoms with Gasteiger partial charge in [-0.25, -0.2) is 0 Å². The van der Waals surface area contributed by atoms with E-state index in [1.165, 1.54) is 36.8 Å². The summed E-state index contributed by atoms with van der Waals surface area (Å²) in [6.45, 7) is 12.8. The quantitative estimate of drug-likeness (QED) is 0.552. The number of unbranched alkanes of at least 4 members (excludes halogenated alkanes) is 1. The molecule has 0 bridgehead atoms. The van der Waals surface area contributed by atoms with Crippen LogP contribution >= 0.6 is 12.6 Å². The van der Waals surface area contributed by atoms with Gasteiger partial charge in [-0.15, -0.1) is 0 Å². The van der Waals surface area contributed by atoms with Crippen molar-refractivity contribution < 1.29 is 0 Å². The fourth-order valence-electron chi connectivity index (χ4n) is 0.922. The van der Waals surface area contributed by atoms with E-state index in [0.717, 1.165) is 0 Å². The van der Waals surface area contributed by atoms with E-state index in [1.54, 1.807) is 0 Å². The number of allylic oxidation sites excluding steroid dienone is 4. The predicted octanol–water partition coefficient (Wildman–Crippen LogP) is 5.80. The Labute approximate surface area is 109 Å². The second-order valence-corrected chi connectivity index (χ2v) is 5.48. The monoisotopic (exact) mass is 242 g/mol. The Hall–Kier alpha value is -0.170. The van der Waals surface area contributed by atoms with Crippen molar-refractivity contribution in [3.8, 4) is 0 Å². The highest BCUT2D eigenvalue weighted by Crippen LogP contribution is 2.16. The minimum Gasteiger partial charge on any atom is -0.177 e. The van der Waals surface area contributed by atoms with Crippen molar-refractivity contribution in [3.05, 3.63) is 23.3 Å². The molecule has 0 aromatic carbocycles. The molecule has 0 saturated carbocycles. The van der Waals surface area contributed by atoms with Crippen molar-refractivity contribution >= 4 is 12.6 Å². The van der Waals surface area contributed by atoms with Gasteiger partial charge in [-0.3, -0.25) is 0 Å². The summed E-state index contributed by atoms with van der Waals surface area (Å²) in [6.07, 6.45) is 9.72. The highest BCUT2D eigenvalue weighted by atomic mass is 32.1. The molecular formula is C15H30S. The van der Waals surface area contributed by atoms with Gasteiger partial charge in [0.2, 0.25) is 0 Å². The van der Waals surface area contributed by atoms with Gasteiger partial charge in [0, 0.05) is 0 Å². The van der Waals surface area contributed by atoms with E-state index in [9.17, 15) is 0 Å². The molecule has 0 aromatic rings. The van der Waals surface area contributed by atoms with E-state index >= 15 is 0 Å². The third kappa shape index (κ3) is 16.3. The average molecular weight is 242 g/mol. The van der Waals surface area contributed by atoms with Crippen LogP contribution in [0.15, 0.2) is 23.3 Å². The summed E-state index contributed by atoms with van der Waals surface area (Å²) in [6, 6.07) is 0. The van der Waals surface area contributed by atoms with Crippen molar-refractivity contribution in [1.82, 2.24) is 0 Å². The summed E-state index contributed by atoms with van der Waals surface area (Å²) >= 11 is 3.97. The summed E-state index contributed by atoms with van der Waals surface area (Å²) in [5.74, 6) is 0. The second kappa shape index (κ2) is 12.9. The van der Waals surface area contributed by atoms with Gasteiger partial charge in [0.05, 0.1) is 0 Å². The molecule has 0 aromatic heterocycles. The molecule has 0 fully saturated rings. The number of hydrogen-bond donors (Lipinski definition) is 1. The molecule has 1 aliphatic carbocycles. The van der Waals surface area contributed by atoms with Crippen molar-refractivity contribution in [2.75, 3.05) is 0 Å². The lowest BCUT2D eigenvalue weighted by Crippen LogP contribution is -1.85. The molecule has 0 unspecified atom stereocenters. The van der Waals surface area contributed by atoms with Crippen LogP contribution in [0.1, 0.15) is 67.2 Å². The Kier molecular flexibility index (Phi) is 14.7. The molecule has 0 amide bonds. The van der Waals surface area contributed by atoms with E-state index in [1.807, 2.05) is 13.8 Å². The van der Waals surface area contributed by atoms with Crippen LogP contribution in [-0.2, 0) is 0 Å². The highest BCUT2D eigenvalue weighted by molar-refractivity contribution is 7.80. The lowest BCUT2D eigenvalue weighted by molar-refractivity contribution is 0.886. The number of rotatable bonds is 1. The van der Waals surface area contributed by atoms with Crippen LogP contribution < -0.4 is 0 Å². The minimum absolute atomic E-state index is 0.528. The first-order valence-electron chi connectivity index (χ1n) is 6.47. The minimum atomic E-state index is 0.528. The molecule has 0 N–H and O–H groups in total. The Balaban J connectivity index is 0. The van der Waals surface area contributed by atoms with Gasteiger partial charge in [-0.05, 0) is 31.9 Å². The Morgan fingerprint density at radius 3 is 1.38 bits per heavy atom. The molecule has 1 aliphatic rings. The Bertz CT molecular complexity index is 177. The van der Waals surface area contributed by atoms with Crippen LogP contribution in [0.3, 0.4) is 0 Å². The third-order valence-electron chi connectivity index (χ3n) is 2.19. The zero-order valence-electron chi connectivity index (χ0n) is 12.0. The van der Waals surface area contributed by atoms with E-state index in [4.69, 9.17) is 0 Å². The van der Waals surface area contributed by atoms with Crippen molar-refractivity contribution in [1.29, 1.82) is 0 Å². The number of thiol groups is 1. The van der Waals surface area contributed by atoms with Crippen LogP contribution in [-0.4, -0.2) is 5.25 Å². The smallest absolute Gasteiger partial charge is 0.00399 e.